The highest BCUT2D eigenvalue weighted by Crippen LogP contribution is 2.27. The smallest absolute Gasteiger partial charge is 0.0827 e. The molecule has 1 aromatic rings. The molecule has 1 N–H and O–H groups in total. The third-order valence-electron chi connectivity index (χ3n) is 3.02. The van der Waals surface area contributed by atoms with Gasteiger partial charge in [0.25, 0.3) is 0 Å². The quantitative estimate of drug-likeness (QED) is 0.742. The van der Waals surface area contributed by atoms with Crippen molar-refractivity contribution in [2.45, 2.75) is 38.2 Å². The highest BCUT2D eigenvalue weighted by Gasteiger charge is 2.11. The standard InChI is InChI=1S/C14H18O/c15-14(13-9-5-2-6-10-13)11-12-7-3-1-4-8-12/h2,5-7,9-10,14-15H,1,3-4,8,11H2/t14-/m1/s1. The monoisotopic (exact) mass is 202 g/mol. The van der Waals surface area contributed by atoms with E-state index in [0.29, 0.717) is 0 Å². The minimum Gasteiger partial charge on any atom is -0.388 e. The first kappa shape index (κ1) is 10.4. The Balaban J connectivity index is 1.97. The predicted molar refractivity (Wildman–Crippen MR) is 62.6 cm³/mol. The first-order valence-electron chi connectivity index (χ1n) is 5.77. The van der Waals surface area contributed by atoms with Crippen molar-refractivity contribution in [2.24, 2.45) is 0 Å². The fraction of sp³-hybridized carbons (Fsp3) is 0.429. The average Bonchev–Trinajstić information content (AvgIpc) is 2.31. The molecule has 0 radical (unpaired) electrons. The fourth-order valence-corrected chi connectivity index (χ4v) is 2.13. The Bertz CT molecular complexity index is 326. The molecule has 0 aliphatic heterocycles. The van der Waals surface area contributed by atoms with E-state index in [9.17, 15) is 5.11 Å². The molecule has 0 amide bonds. The van der Waals surface area contributed by atoms with E-state index in [2.05, 4.69) is 6.08 Å². The third kappa shape index (κ3) is 2.93. The zero-order valence-electron chi connectivity index (χ0n) is 9.02. The maximum atomic E-state index is 10.0. The summed E-state index contributed by atoms with van der Waals surface area (Å²) < 4.78 is 0. The van der Waals surface area contributed by atoms with E-state index in [1.165, 1.54) is 31.3 Å². The molecular weight excluding hydrogens is 184 g/mol. The van der Waals surface area contributed by atoms with Crippen LogP contribution in [0, 0.1) is 0 Å². The summed E-state index contributed by atoms with van der Waals surface area (Å²) in [5.41, 5.74) is 2.46. The van der Waals surface area contributed by atoms with Gasteiger partial charge in [-0.05, 0) is 37.7 Å². The molecule has 0 saturated heterocycles. The average molecular weight is 202 g/mol. The second-order valence-electron chi connectivity index (χ2n) is 4.24. The van der Waals surface area contributed by atoms with Crippen LogP contribution in [0.5, 0.6) is 0 Å². The molecule has 0 spiro atoms. The third-order valence-corrected chi connectivity index (χ3v) is 3.02. The van der Waals surface area contributed by atoms with E-state index in [-0.39, 0.29) is 6.10 Å². The van der Waals surface area contributed by atoms with Crippen LogP contribution in [0.4, 0.5) is 0 Å². The van der Waals surface area contributed by atoms with Crippen LogP contribution in [0.3, 0.4) is 0 Å². The van der Waals surface area contributed by atoms with Gasteiger partial charge in [-0.3, -0.25) is 0 Å². The number of hydrogen-bond donors (Lipinski definition) is 1. The Labute approximate surface area is 91.4 Å². The van der Waals surface area contributed by atoms with Crippen LogP contribution in [0.25, 0.3) is 0 Å². The molecular formula is C14H18O. The zero-order chi connectivity index (χ0) is 10.5. The largest absolute Gasteiger partial charge is 0.388 e. The molecule has 1 aliphatic carbocycles. The van der Waals surface area contributed by atoms with Crippen molar-refractivity contribution in [3.8, 4) is 0 Å². The molecule has 0 heterocycles. The minimum atomic E-state index is -0.324. The molecule has 1 heteroatoms. The maximum Gasteiger partial charge on any atom is 0.0827 e. The van der Waals surface area contributed by atoms with E-state index in [1.807, 2.05) is 30.3 Å². The van der Waals surface area contributed by atoms with Gasteiger partial charge in [-0.2, -0.15) is 0 Å². The topological polar surface area (TPSA) is 20.2 Å². The number of allylic oxidation sites excluding steroid dienone is 1. The number of aliphatic hydroxyl groups excluding tert-OH is 1. The minimum absolute atomic E-state index is 0.324. The number of benzene rings is 1. The Kier molecular flexibility index (Phi) is 3.57. The Morgan fingerprint density at radius 1 is 1.13 bits per heavy atom. The first-order valence-corrected chi connectivity index (χ1v) is 5.77. The normalized spacial score (nSPS) is 18.3. The van der Waals surface area contributed by atoms with Crippen molar-refractivity contribution in [1.82, 2.24) is 0 Å². The molecule has 0 saturated carbocycles. The van der Waals surface area contributed by atoms with Crippen LogP contribution in [0.15, 0.2) is 42.0 Å². The van der Waals surface area contributed by atoms with Crippen LogP contribution >= 0.6 is 0 Å². The van der Waals surface area contributed by atoms with Gasteiger partial charge in [-0.25, -0.2) is 0 Å². The first-order chi connectivity index (χ1) is 7.36. The molecule has 15 heavy (non-hydrogen) atoms. The van der Waals surface area contributed by atoms with Crippen LogP contribution in [-0.4, -0.2) is 5.11 Å². The molecule has 0 aromatic heterocycles. The van der Waals surface area contributed by atoms with Crippen molar-refractivity contribution < 1.29 is 5.11 Å². The summed E-state index contributed by atoms with van der Waals surface area (Å²) in [5, 5.41) is 10.0. The summed E-state index contributed by atoms with van der Waals surface area (Å²) in [6.07, 6.45) is 7.74. The summed E-state index contributed by atoms with van der Waals surface area (Å²) in [7, 11) is 0. The SMILES string of the molecule is O[C@H](CC1=CCCCC1)c1ccccc1. The second kappa shape index (κ2) is 5.13. The van der Waals surface area contributed by atoms with Gasteiger partial charge >= 0.3 is 0 Å². The van der Waals surface area contributed by atoms with Gasteiger partial charge in [0.15, 0.2) is 0 Å². The van der Waals surface area contributed by atoms with Crippen molar-refractivity contribution in [1.29, 1.82) is 0 Å². The van der Waals surface area contributed by atoms with Gasteiger partial charge in [-0.1, -0.05) is 42.0 Å². The highest BCUT2D eigenvalue weighted by molar-refractivity contribution is 5.20. The summed E-state index contributed by atoms with van der Waals surface area (Å²) in [6, 6.07) is 9.93. The fourth-order valence-electron chi connectivity index (χ4n) is 2.13. The van der Waals surface area contributed by atoms with Crippen molar-refractivity contribution in [3.63, 3.8) is 0 Å². The van der Waals surface area contributed by atoms with E-state index in [1.54, 1.807) is 0 Å². The van der Waals surface area contributed by atoms with E-state index < -0.39 is 0 Å². The van der Waals surface area contributed by atoms with E-state index >= 15 is 0 Å². The van der Waals surface area contributed by atoms with Gasteiger partial charge in [0.05, 0.1) is 6.10 Å². The van der Waals surface area contributed by atoms with Gasteiger partial charge in [0, 0.05) is 0 Å². The summed E-state index contributed by atoms with van der Waals surface area (Å²) in [5.74, 6) is 0. The van der Waals surface area contributed by atoms with Crippen molar-refractivity contribution in [2.75, 3.05) is 0 Å². The zero-order valence-corrected chi connectivity index (χ0v) is 9.02. The van der Waals surface area contributed by atoms with Gasteiger partial charge in [0.2, 0.25) is 0 Å². The summed E-state index contributed by atoms with van der Waals surface area (Å²) in [6.45, 7) is 0. The number of aliphatic hydroxyl groups is 1. The second-order valence-corrected chi connectivity index (χ2v) is 4.24. The lowest BCUT2D eigenvalue weighted by molar-refractivity contribution is 0.176. The lowest BCUT2D eigenvalue weighted by atomic mass is 9.93. The van der Waals surface area contributed by atoms with E-state index in [4.69, 9.17) is 0 Å². The van der Waals surface area contributed by atoms with Crippen molar-refractivity contribution in [3.05, 3.63) is 47.5 Å². The van der Waals surface area contributed by atoms with E-state index in [0.717, 1.165) is 12.0 Å². The lowest BCUT2D eigenvalue weighted by Crippen LogP contribution is -2.01. The Hall–Kier alpha value is -1.08. The summed E-state index contributed by atoms with van der Waals surface area (Å²) in [4.78, 5) is 0. The molecule has 0 fully saturated rings. The predicted octanol–water partition coefficient (Wildman–Crippen LogP) is 3.61. The van der Waals surface area contributed by atoms with Crippen molar-refractivity contribution >= 4 is 0 Å². The molecule has 1 atom stereocenters. The molecule has 80 valence electrons. The van der Waals surface area contributed by atoms with Crippen LogP contribution in [0.2, 0.25) is 0 Å². The van der Waals surface area contributed by atoms with Crippen LogP contribution in [0.1, 0.15) is 43.8 Å². The lowest BCUT2D eigenvalue weighted by Gasteiger charge is -2.16. The van der Waals surface area contributed by atoms with Crippen LogP contribution < -0.4 is 0 Å². The number of rotatable bonds is 3. The molecule has 2 rings (SSSR count). The molecule has 1 nitrogen and oxygen atoms in total. The van der Waals surface area contributed by atoms with Crippen LogP contribution in [-0.2, 0) is 0 Å². The molecule has 0 unspecified atom stereocenters. The van der Waals surface area contributed by atoms with Gasteiger partial charge < -0.3 is 5.11 Å². The molecule has 1 aliphatic rings. The Morgan fingerprint density at radius 3 is 2.60 bits per heavy atom. The van der Waals surface area contributed by atoms with Gasteiger partial charge in [0.1, 0.15) is 0 Å². The molecule has 0 bridgehead atoms. The number of hydrogen-bond acceptors (Lipinski definition) is 1. The summed E-state index contributed by atoms with van der Waals surface area (Å²) >= 11 is 0. The highest BCUT2D eigenvalue weighted by atomic mass is 16.3. The van der Waals surface area contributed by atoms with Gasteiger partial charge in [-0.15, -0.1) is 0 Å². The maximum absolute atomic E-state index is 10.0. The molecule has 1 aromatic carbocycles. The Morgan fingerprint density at radius 2 is 1.93 bits per heavy atom.